The van der Waals surface area contributed by atoms with Gasteiger partial charge in [-0.25, -0.2) is 4.79 Å². The fraction of sp³-hybridized carbons (Fsp3) is 0.600. The smallest absolute Gasteiger partial charge is 0.345 e. The van der Waals surface area contributed by atoms with Crippen molar-refractivity contribution in [3.05, 3.63) is 16.0 Å². The summed E-state index contributed by atoms with van der Waals surface area (Å²) in [7, 11) is 0. The highest BCUT2D eigenvalue weighted by Gasteiger charge is 2.48. The van der Waals surface area contributed by atoms with E-state index in [9.17, 15) is 23.5 Å². The number of alkyl halides is 2. The zero-order chi connectivity index (χ0) is 16.8. The number of ketones is 1. The lowest BCUT2D eigenvalue weighted by Crippen LogP contribution is -2.40. The molecule has 2 aliphatic carbocycles. The van der Waals surface area contributed by atoms with Crippen LogP contribution in [0, 0.1) is 11.3 Å². The topological polar surface area (TPSA) is 89.6 Å². The van der Waals surface area contributed by atoms with Crippen molar-refractivity contribution >= 4 is 28.1 Å². The number of ether oxygens (including phenoxy) is 1. The Morgan fingerprint density at radius 2 is 2.17 bits per heavy atom. The molecule has 1 aromatic rings. The summed E-state index contributed by atoms with van der Waals surface area (Å²) in [5.41, 5.74) is 5.17. The molecule has 1 unspecified atom stereocenters. The van der Waals surface area contributed by atoms with Crippen LogP contribution in [0.4, 0.5) is 13.8 Å². The van der Waals surface area contributed by atoms with Crippen LogP contribution in [0.3, 0.4) is 0 Å². The molecular weight excluding hydrogens is 328 g/mol. The van der Waals surface area contributed by atoms with E-state index < -0.39 is 18.0 Å². The molecule has 2 aliphatic rings. The van der Waals surface area contributed by atoms with Crippen molar-refractivity contribution in [2.45, 2.75) is 38.7 Å². The molecule has 8 heteroatoms. The summed E-state index contributed by atoms with van der Waals surface area (Å²) in [4.78, 5) is 24.6. The third-order valence-corrected chi connectivity index (χ3v) is 5.71. The van der Waals surface area contributed by atoms with E-state index in [-0.39, 0.29) is 23.0 Å². The molecule has 0 aliphatic heterocycles. The third kappa shape index (κ3) is 2.97. The number of hydrogen-bond acceptors (Lipinski definition) is 5. The minimum atomic E-state index is -2.93. The second-order valence-corrected chi connectivity index (χ2v) is 7.33. The fourth-order valence-corrected chi connectivity index (χ4v) is 4.52. The van der Waals surface area contributed by atoms with Crippen molar-refractivity contribution in [1.29, 1.82) is 0 Å². The summed E-state index contributed by atoms with van der Waals surface area (Å²) in [6.45, 7) is -3.26. The van der Waals surface area contributed by atoms with Gasteiger partial charge in [-0.2, -0.15) is 8.78 Å². The molecule has 1 aromatic heterocycles. The lowest BCUT2D eigenvalue weighted by Gasteiger charge is -2.35. The highest BCUT2D eigenvalue weighted by atomic mass is 32.1. The van der Waals surface area contributed by atoms with Gasteiger partial charge in [0.05, 0.1) is 22.5 Å². The summed E-state index contributed by atoms with van der Waals surface area (Å²) in [5, 5.41) is 9.34. The lowest BCUT2D eigenvalue weighted by atomic mass is 9.70. The largest absolute Gasteiger partial charge is 0.478 e. The maximum absolute atomic E-state index is 12.9. The number of hydrogen-bond donors (Lipinski definition) is 2. The van der Waals surface area contributed by atoms with Gasteiger partial charge >= 0.3 is 12.6 Å². The Morgan fingerprint density at radius 3 is 2.74 bits per heavy atom. The van der Waals surface area contributed by atoms with E-state index in [2.05, 4.69) is 4.74 Å². The molecule has 0 bridgehead atoms. The number of Topliss-reactive ketones (excluding diaryl/α,β-unsaturated/α-hetero) is 1. The molecule has 0 aromatic carbocycles. The van der Waals surface area contributed by atoms with Crippen LogP contribution >= 0.6 is 11.3 Å². The van der Waals surface area contributed by atoms with Gasteiger partial charge in [-0.15, -0.1) is 11.3 Å². The third-order valence-electron chi connectivity index (χ3n) is 4.65. The summed E-state index contributed by atoms with van der Waals surface area (Å²) < 4.78 is 29.4. The Kier molecular flexibility index (Phi) is 4.14. The summed E-state index contributed by atoms with van der Waals surface area (Å²) in [6, 6.07) is 0. The summed E-state index contributed by atoms with van der Waals surface area (Å²) >= 11 is 0.942. The summed E-state index contributed by atoms with van der Waals surface area (Å²) in [5.74, 6) is -1.10. The van der Waals surface area contributed by atoms with Gasteiger partial charge in [-0.05, 0) is 30.7 Å². The van der Waals surface area contributed by atoms with E-state index >= 15 is 0 Å². The number of nitrogen functional groups attached to an aromatic ring is 1. The van der Waals surface area contributed by atoms with Crippen LogP contribution in [0.2, 0.25) is 0 Å². The number of halogens is 2. The van der Waals surface area contributed by atoms with Crippen LogP contribution in [-0.4, -0.2) is 30.1 Å². The predicted molar refractivity (Wildman–Crippen MR) is 80.1 cm³/mol. The first-order chi connectivity index (χ1) is 10.8. The second-order valence-electron chi connectivity index (χ2n) is 6.28. The maximum Gasteiger partial charge on any atom is 0.345 e. The Hall–Kier alpha value is -1.54. The van der Waals surface area contributed by atoms with Gasteiger partial charge in [0.25, 0.3) is 0 Å². The number of carbonyl (C=O) groups excluding carboxylic acids is 1. The number of nitrogens with two attached hydrogens (primary N) is 1. The van der Waals surface area contributed by atoms with Gasteiger partial charge in [-0.1, -0.05) is 12.8 Å². The number of fused-ring (bicyclic) bond motifs is 1. The molecule has 5 nitrogen and oxygen atoms in total. The molecule has 0 spiro atoms. The van der Waals surface area contributed by atoms with Crippen LogP contribution in [0.15, 0.2) is 0 Å². The molecule has 1 atom stereocenters. The van der Waals surface area contributed by atoms with Crippen molar-refractivity contribution in [3.63, 3.8) is 0 Å². The first kappa shape index (κ1) is 16.3. The maximum atomic E-state index is 12.9. The first-order valence-corrected chi connectivity index (χ1v) is 8.25. The first-order valence-electron chi connectivity index (χ1n) is 7.43. The normalized spacial score (nSPS) is 24.0. The molecule has 0 amide bonds. The standard InChI is InChI=1S/C15H17F2NO4S/c16-14(17)22-6-15(5-7-1-2-7)4-3-8-9(13(20)21)12(18)23-10(8)11(15)19/h7,14H,1-6,18H2,(H,20,21). The Balaban J connectivity index is 1.95. The van der Waals surface area contributed by atoms with E-state index in [1.54, 1.807) is 0 Å². The molecule has 3 rings (SSSR count). The van der Waals surface area contributed by atoms with Gasteiger partial charge in [0, 0.05) is 0 Å². The van der Waals surface area contributed by atoms with Gasteiger partial charge in [-0.3, -0.25) is 4.79 Å². The van der Waals surface area contributed by atoms with Crippen LogP contribution < -0.4 is 5.73 Å². The zero-order valence-electron chi connectivity index (χ0n) is 12.3. The van der Waals surface area contributed by atoms with E-state index in [1.165, 1.54) is 0 Å². The molecule has 1 heterocycles. The van der Waals surface area contributed by atoms with Gasteiger partial charge in [0.1, 0.15) is 5.00 Å². The molecular formula is C15H17F2NO4S. The predicted octanol–water partition coefficient (Wildman–Crippen LogP) is 3.18. The number of carboxylic acid groups (broad SMARTS) is 1. The number of aromatic carboxylic acids is 1. The van der Waals surface area contributed by atoms with Crippen molar-refractivity contribution in [3.8, 4) is 0 Å². The number of anilines is 1. The fourth-order valence-electron chi connectivity index (χ4n) is 3.35. The number of carbonyl (C=O) groups is 2. The van der Waals surface area contributed by atoms with E-state index in [1.807, 2.05) is 0 Å². The SMILES string of the molecule is Nc1sc2c(c1C(=O)O)CCC(COC(F)F)(CC1CC1)C2=O. The van der Waals surface area contributed by atoms with Crippen molar-refractivity contribution in [1.82, 2.24) is 0 Å². The molecule has 23 heavy (non-hydrogen) atoms. The van der Waals surface area contributed by atoms with Crippen molar-refractivity contribution < 1.29 is 28.2 Å². The average Bonchev–Trinajstić information content (AvgIpc) is 3.21. The van der Waals surface area contributed by atoms with E-state index in [4.69, 9.17) is 5.73 Å². The van der Waals surface area contributed by atoms with Crippen LogP contribution in [-0.2, 0) is 11.2 Å². The number of thiophene rings is 1. The molecule has 1 saturated carbocycles. The molecule has 1 fully saturated rings. The lowest BCUT2D eigenvalue weighted by molar-refractivity contribution is -0.148. The van der Waals surface area contributed by atoms with Gasteiger partial charge < -0.3 is 15.6 Å². The Labute approximate surface area is 135 Å². The highest BCUT2D eigenvalue weighted by molar-refractivity contribution is 7.18. The molecule has 0 saturated heterocycles. The highest BCUT2D eigenvalue weighted by Crippen LogP contribution is 2.50. The van der Waals surface area contributed by atoms with E-state index in [0.717, 1.165) is 24.2 Å². The zero-order valence-corrected chi connectivity index (χ0v) is 13.1. The number of carboxylic acids is 1. The number of rotatable bonds is 6. The van der Waals surface area contributed by atoms with Crippen molar-refractivity contribution in [2.24, 2.45) is 11.3 Å². The molecule has 126 valence electrons. The van der Waals surface area contributed by atoms with Gasteiger partial charge in [0.2, 0.25) is 0 Å². The molecule has 3 N–H and O–H groups in total. The Morgan fingerprint density at radius 1 is 1.48 bits per heavy atom. The average molecular weight is 345 g/mol. The van der Waals surface area contributed by atoms with Crippen LogP contribution in [0.5, 0.6) is 0 Å². The van der Waals surface area contributed by atoms with E-state index in [0.29, 0.717) is 35.6 Å². The van der Waals surface area contributed by atoms with Crippen molar-refractivity contribution in [2.75, 3.05) is 12.3 Å². The van der Waals surface area contributed by atoms with Gasteiger partial charge in [0.15, 0.2) is 5.78 Å². The Bertz CT molecular complexity index is 656. The quantitative estimate of drug-likeness (QED) is 0.826. The summed E-state index contributed by atoms with van der Waals surface area (Å²) in [6.07, 6.45) is 3.15. The molecule has 0 radical (unpaired) electrons. The second kappa shape index (κ2) is 5.83. The minimum Gasteiger partial charge on any atom is -0.478 e. The minimum absolute atomic E-state index is 0.0202. The van der Waals surface area contributed by atoms with Crippen LogP contribution in [0.1, 0.15) is 51.3 Å². The monoisotopic (exact) mass is 345 g/mol. The van der Waals surface area contributed by atoms with Crippen LogP contribution in [0.25, 0.3) is 0 Å².